The van der Waals surface area contributed by atoms with Crippen molar-refractivity contribution in [2.75, 3.05) is 0 Å². The number of carbonyl (C=O) groups excluding carboxylic acids is 1. The first-order valence-electron chi connectivity index (χ1n) is 6.57. The zero-order chi connectivity index (χ0) is 15.1. The van der Waals surface area contributed by atoms with E-state index in [0.717, 1.165) is 25.7 Å². The molecule has 0 aliphatic rings. The van der Waals surface area contributed by atoms with Gasteiger partial charge in [-0.15, -0.1) is 0 Å². The molecule has 1 aromatic heterocycles. The highest BCUT2D eigenvalue weighted by molar-refractivity contribution is 6.32. The molecule has 1 unspecified atom stereocenters. The molecule has 0 saturated heterocycles. The maximum Gasteiger partial charge on any atom is 0.319 e. The van der Waals surface area contributed by atoms with Gasteiger partial charge in [0.2, 0.25) is 5.15 Å². The average molecular weight is 300 g/mol. The van der Waals surface area contributed by atoms with Gasteiger partial charge in [0.05, 0.1) is 4.92 Å². The average Bonchev–Trinajstić information content (AvgIpc) is 2.38. The Balaban J connectivity index is 2.77. The molecular weight excluding hydrogens is 282 g/mol. The van der Waals surface area contributed by atoms with Crippen molar-refractivity contribution in [3.63, 3.8) is 0 Å². The number of halogens is 1. The van der Waals surface area contributed by atoms with E-state index in [1.165, 1.54) is 12.3 Å². The summed E-state index contributed by atoms with van der Waals surface area (Å²) in [6.07, 6.45) is 5.34. The predicted octanol–water partition coefficient (Wildman–Crippen LogP) is 3.34. The lowest BCUT2D eigenvalue weighted by molar-refractivity contribution is -0.385. The Morgan fingerprint density at radius 1 is 1.55 bits per heavy atom. The molecule has 1 amide bonds. The van der Waals surface area contributed by atoms with Crippen LogP contribution in [-0.4, -0.2) is 21.9 Å². The lowest BCUT2D eigenvalue weighted by atomic mass is 10.1. The molecule has 0 bridgehead atoms. The van der Waals surface area contributed by atoms with Crippen LogP contribution in [0.2, 0.25) is 5.15 Å². The summed E-state index contributed by atoms with van der Waals surface area (Å²) in [6, 6.07) is 1.26. The summed E-state index contributed by atoms with van der Waals surface area (Å²) in [6.45, 7) is 3.98. The van der Waals surface area contributed by atoms with Gasteiger partial charge in [-0.2, -0.15) is 0 Å². The fourth-order valence-electron chi connectivity index (χ4n) is 1.86. The second-order valence-corrected chi connectivity index (χ2v) is 4.98. The van der Waals surface area contributed by atoms with Crippen LogP contribution in [-0.2, 0) is 0 Å². The summed E-state index contributed by atoms with van der Waals surface area (Å²) in [5.41, 5.74) is -0.509. The van der Waals surface area contributed by atoms with Gasteiger partial charge in [0.1, 0.15) is 5.56 Å². The van der Waals surface area contributed by atoms with E-state index < -0.39 is 16.5 Å². The maximum atomic E-state index is 12.1. The fourth-order valence-corrected chi connectivity index (χ4v) is 2.09. The molecular formula is C13H18ClN3O3. The highest BCUT2D eigenvalue weighted by Gasteiger charge is 2.25. The molecule has 1 aromatic rings. The lowest BCUT2D eigenvalue weighted by Crippen LogP contribution is -2.33. The SMILES string of the molecule is CCCCCC(C)NC(=O)c1ccnc(Cl)c1[N+](=O)[O-]. The Morgan fingerprint density at radius 3 is 2.85 bits per heavy atom. The van der Waals surface area contributed by atoms with E-state index in [-0.39, 0.29) is 16.8 Å². The standard InChI is InChI=1S/C13H18ClN3O3/c1-3-4-5-6-9(2)16-13(18)10-7-8-15-12(14)11(10)17(19)20/h7-9H,3-6H2,1-2H3,(H,16,18). The number of pyridine rings is 1. The minimum Gasteiger partial charge on any atom is -0.349 e. The number of carbonyl (C=O) groups is 1. The van der Waals surface area contributed by atoms with Crippen molar-refractivity contribution < 1.29 is 9.72 Å². The van der Waals surface area contributed by atoms with Crippen molar-refractivity contribution in [3.05, 3.63) is 33.1 Å². The van der Waals surface area contributed by atoms with Gasteiger partial charge in [-0.1, -0.05) is 37.8 Å². The molecule has 1 rings (SSSR count). The van der Waals surface area contributed by atoms with Crippen LogP contribution in [0.5, 0.6) is 0 Å². The van der Waals surface area contributed by atoms with Gasteiger partial charge in [-0.3, -0.25) is 14.9 Å². The molecule has 1 heterocycles. The molecule has 1 N–H and O–H groups in total. The lowest BCUT2D eigenvalue weighted by Gasteiger charge is -2.13. The molecule has 6 nitrogen and oxygen atoms in total. The highest BCUT2D eigenvalue weighted by atomic mass is 35.5. The number of nitro groups is 1. The van der Waals surface area contributed by atoms with Crippen LogP contribution >= 0.6 is 11.6 Å². The molecule has 1 atom stereocenters. The van der Waals surface area contributed by atoms with Crippen LogP contribution in [0.3, 0.4) is 0 Å². The molecule has 0 radical (unpaired) electrons. The summed E-state index contributed by atoms with van der Waals surface area (Å²) in [4.78, 5) is 25.9. The number of nitrogens with zero attached hydrogens (tertiary/aromatic N) is 2. The van der Waals surface area contributed by atoms with Crippen LogP contribution in [0.4, 0.5) is 5.69 Å². The van der Waals surface area contributed by atoms with Crippen LogP contribution < -0.4 is 5.32 Å². The number of aromatic nitrogens is 1. The fraction of sp³-hybridized carbons (Fsp3) is 0.538. The molecule has 0 spiro atoms. The van der Waals surface area contributed by atoms with E-state index >= 15 is 0 Å². The van der Waals surface area contributed by atoms with E-state index in [9.17, 15) is 14.9 Å². The number of amides is 1. The summed E-state index contributed by atoms with van der Waals surface area (Å²) in [7, 11) is 0. The van der Waals surface area contributed by atoms with Gasteiger partial charge in [-0.05, 0) is 19.4 Å². The van der Waals surface area contributed by atoms with Crippen LogP contribution in [0.1, 0.15) is 49.9 Å². The minimum absolute atomic E-state index is 0.0411. The Morgan fingerprint density at radius 2 is 2.25 bits per heavy atom. The number of hydrogen-bond donors (Lipinski definition) is 1. The summed E-state index contributed by atoms with van der Waals surface area (Å²) < 4.78 is 0. The molecule has 20 heavy (non-hydrogen) atoms. The van der Waals surface area contributed by atoms with Gasteiger partial charge in [0.25, 0.3) is 5.91 Å². The summed E-state index contributed by atoms with van der Waals surface area (Å²) >= 11 is 5.67. The second kappa shape index (κ2) is 7.79. The predicted molar refractivity (Wildman–Crippen MR) is 77.0 cm³/mol. The molecule has 0 saturated carbocycles. The first kappa shape index (κ1) is 16.4. The van der Waals surface area contributed by atoms with Crippen LogP contribution in [0, 0.1) is 10.1 Å². The molecule has 0 fully saturated rings. The Bertz CT molecular complexity index is 494. The van der Waals surface area contributed by atoms with Crippen molar-refractivity contribution in [2.24, 2.45) is 0 Å². The molecule has 0 aromatic carbocycles. The number of rotatable bonds is 7. The first-order chi connectivity index (χ1) is 9.47. The third-order valence-electron chi connectivity index (χ3n) is 2.92. The largest absolute Gasteiger partial charge is 0.349 e. The van der Waals surface area contributed by atoms with Gasteiger partial charge in [0, 0.05) is 12.2 Å². The summed E-state index contributed by atoms with van der Waals surface area (Å²) in [5, 5.41) is 13.4. The molecule has 110 valence electrons. The third kappa shape index (κ3) is 4.45. The van der Waals surface area contributed by atoms with Gasteiger partial charge >= 0.3 is 5.69 Å². The third-order valence-corrected chi connectivity index (χ3v) is 3.20. The number of nitrogens with one attached hydrogen (secondary N) is 1. The van der Waals surface area contributed by atoms with E-state index in [2.05, 4.69) is 17.2 Å². The van der Waals surface area contributed by atoms with Gasteiger partial charge in [-0.25, -0.2) is 4.98 Å². The molecule has 0 aliphatic carbocycles. The summed E-state index contributed by atoms with van der Waals surface area (Å²) in [5.74, 6) is -0.495. The van der Waals surface area contributed by atoms with E-state index in [1.54, 1.807) is 0 Å². The smallest absolute Gasteiger partial charge is 0.319 e. The van der Waals surface area contributed by atoms with Crippen LogP contribution in [0.15, 0.2) is 12.3 Å². The van der Waals surface area contributed by atoms with Crippen molar-refractivity contribution in [1.82, 2.24) is 10.3 Å². The zero-order valence-electron chi connectivity index (χ0n) is 11.6. The molecule has 0 aliphatic heterocycles. The number of unbranched alkanes of at least 4 members (excludes halogenated alkanes) is 2. The van der Waals surface area contributed by atoms with Crippen molar-refractivity contribution >= 4 is 23.2 Å². The van der Waals surface area contributed by atoms with E-state index in [4.69, 9.17) is 11.6 Å². The minimum atomic E-state index is -0.688. The van der Waals surface area contributed by atoms with Crippen molar-refractivity contribution in [1.29, 1.82) is 0 Å². The maximum absolute atomic E-state index is 12.1. The zero-order valence-corrected chi connectivity index (χ0v) is 12.3. The first-order valence-corrected chi connectivity index (χ1v) is 6.95. The normalized spacial score (nSPS) is 11.9. The Hall–Kier alpha value is -1.69. The van der Waals surface area contributed by atoms with E-state index in [1.807, 2.05) is 6.92 Å². The van der Waals surface area contributed by atoms with Crippen molar-refractivity contribution in [3.8, 4) is 0 Å². The monoisotopic (exact) mass is 299 g/mol. The Kier molecular flexibility index (Phi) is 6.38. The van der Waals surface area contributed by atoms with Gasteiger partial charge in [0.15, 0.2) is 0 Å². The van der Waals surface area contributed by atoms with E-state index in [0.29, 0.717) is 0 Å². The second-order valence-electron chi connectivity index (χ2n) is 4.63. The topological polar surface area (TPSA) is 85.1 Å². The van der Waals surface area contributed by atoms with Crippen molar-refractivity contribution in [2.45, 2.75) is 45.6 Å². The quantitative estimate of drug-likeness (QED) is 0.362. The highest BCUT2D eigenvalue weighted by Crippen LogP contribution is 2.25. The number of hydrogen-bond acceptors (Lipinski definition) is 4. The van der Waals surface area contributed by atoms with Gasteiger partial charge < -0.3 is 5.32 Å². The molecule has 7 heteroatoms. The van der Waals surface area contributed by atoms with Crippen LogP contribution in [0.25, 0.3) is 0 Å². The Labute approximate surface area is 122 Å².